The van der Waals surface area contributed by atoms with E-state index in [1.165, 1.54) is 0 Å². The van der Waals surface area contributed by atoms with Gasteiger partial charge in [-0.25, -0.2) is 9.67 Å². The average molecular weight is 178 g/mol. The smallest absolute Gasteiger partial charge is 0.148 e. The molecule has 70 valence electrons. The van der Waals surface area contributed by atoms with Crippen LogP contribution in [-0.4, -0.2) is 21.3 Å². The third kappa shape index (κ3) is 1.49. The minimum Gasteiger partial charge on any atom is -0.301 e. The van der Waals surface area contributed by atoms with Gasteiger partial charge in [-0.2, -0.15) is 5.10 Å². The van der Waals surface area contributed by atoms with Crippen molar-refractivity contribution in [1.29, 1.82) is 0 Å². The molecule has 0 saturated heterocycles. The molecule has 0 spiro atoms. The number of rotatable bonds is 2. The molecule has 1 unspecified atom stereocenters. The summed E-state index contributed by atoms with van der Waals surface area (Å²) < 4.78 is 1.95. The highest BCUT2D eigenvalue weighted by molar-refractivity contribution is 5.11. The molecule has 1 N–H and O–H groups in total. The van der Waals surface area contributed by atoms with Gasteiger partial charge in [0.25, 0.3) is 0 Å². The first-order valence-electron chi connectivity index (χ1n) is 4.58. The van der Waals surface area contributed by atoms with E-state index >= 15 is 0 Å². The number of hydrogen-bond donors (Lipinski definition) is 1. The Morgan fingerprint density at radius 3 is 3.08 bits per heavy atom. The summed E-state index contributed by atoms with van der Waals surface area (Å²) in [4.78, 5) is 4.26. The van der Waals surface area contributed by atoms with Gasteiger partial charge in [-0.1, -0.05) is 12.2 Å². The van der Waals surface area contributed by atoms with Crippen LogP contribution in [0.4, 0.5) is 0 Å². The normalized spacial score (nSPS) is 21.6. The average Bonchev–Trinajstić information content (AvgIpc) is 2.74. The highest BCUT2D eigenvalue weighted by atomic mass is 15.4. The summed E-state index contributed by atoms with van der Waals surface area (Å²) in [5.41, 5.74) is 0. The van der Waals surface area contributed by atoms with Crippen LogP contribution < -0.4 is 5.32 Å². The molecule has 13 heavy (non-hydrogen) atoms. The third-order valence-electron chi connectivity index (χ3n) is 2.15. The minimum absolute atomic E-state index is 0.241. The molecule has 1 atom stereocenters. The van der Waals surface area contributed by atoms with Gasteiger partial charge in [-0.05, 0) is 13.8 Å². The van der Waals surface area contributed by atoms with Crippen LogP contribution in [0.25, 0.3) is 0 Å². The van der Waals surface area contributed by atoms with Crippen molar-refractivity contribution in [2.45, 2.75) is 25.9 Å². The topological polar surface area (TPSA) is 42.7 Å². The number of hydrogen-bond acceptors (Lipinski definition) is 3. The number of nitrogens with zero attached hydrogens (tertiary/aromatic N) is 3. The maximum absolute atomic E-state index is 4.26. The van der Waals surface area contributed by atoms with Crippen LogP contribution in [0.5, 0.6) is 0 Å². The van der Waals surface area contributed by atoms with Crippen LogP contribution in [0.2, 0.25) is 0 Å². The second-order valence-electron chi connectivity index (χ2n) is 3.47. The molecule has 1 aromatic heterocycles. The Kier molecular flexibility index (Phi) is 2.14. The van der Waals surface area contributed by atoms with E-state index in [9.17, 15) is 0 Å². The molecule has 2 rings (SSSR count). The lowest BCUT2D eigenvalue weighted by Gasteiger charge is -2.13. The van der Waals surface area contributed by atoms with Gasteiger partial charge in [0.1, 0.15) is 12.2 Å². The molecular weight excluding hydrogens is 164 g/mol. The molecule has 0 aromatic carbocycles. The molecule has 4 heteroatoms. The Morgan fingerprint density at radius 2 is 2.46 bits per heavy atom. The Morgan fingerprint density at radius 1 is 1.62 bits per heavy atom. The van der Waals surface area contributed by atoms with E-state index in [1.54, 1.807) is 6.33 Å². The maximum Gasteiger partial charge on any atom is 0.148 e. The first kappa shape index (κ1) is 8.44. The summed E-state index contributed by atoms with van der Waals surface area (Å²) in [5, 5.41) is 7.51. The van der Waals surface area contributed by atoms with Crippen LogP contribution in [0.1, 0.15) is 31.8 Å². The van der Waals surface area contributed by atoms with Crippen LogP contribution >= 0.6 is 0 Å². The van der Waals surface area contributed by atoms with Crippen LogP contribution in [-0.2, 0) is 0 Å². The van der Waals surface area contributed by atoms with E-state index in [2.05, 4.69) is 41.4 Å². The van der Waals surface area contributed by atoms with Gasteiger partial charge >= 0.3 is 0 Å². The van der Waals surface area contributed by atoms with Crippen molar-refractivity contribution in [3.05, 3.63) is 24.3 Å². The molecule has 0 fully saturated rings. The quantitative estimate of drug-likeness (QED) is 0.688. The van der Waals surface area contributed by atoms with Crippen LogP contribution in [0.3, 0.4) is 0 Å². The molecule has 1 aliphatic heterocycles. The molecule has 0 saturated carbocycles. The van der Waals surface area contributed by atoms with Crippen molar-refractivity contribution in [3.8, 4) is 0 Å². The Balaban J connectivity index is 2.28. The summed E-state index contributed by atoms with van der Waals surface area (Å²) in [7, 11) is 0. The summed E-state index contributed by atoms with van der Waals surface area (Å²) in [6.07, 6.45) is 5.86. The third-order valence-corrected chi connectivity index (χ3v) is 2.15. The second-order valence-corrected chi connectivity index (χ2v) is 3.47. The molecule has 0 aliphatic carbocycles. The molecular formula is C9H14N4. The van der Waals surface area contributed by atoms with Gasteiger partial charge in [0.2, 0.25) is 0 Å². The predicted octanol–water partition coefficient (Wildman–Crippen LogP) is 1.06. The lowest BCUT2D eigenvalue weighted by Crippen LogP contribution is -2.20. The van der Waals surface area contributed by atoms with E-state index in [-0.39, 0.29) is 6.04 Å². The summed E-state index contributed by atoms with van der Waals surface area (Å²) in [6.45, 7) is 5.14. The van der Waals surface area contributed by atoms with Crippen molar-refractivity contribution in [1.82, 2.24) is 20.1 Å². The lowest BCUT2D eigenvalue weighted by atomic mass is 10.3. The largest absolute Gasteiger partial charge is 0.301 e. The van der Waals surface area contributed by atoms with Gasteiger partial charge in [0, 0.05) is 12.6 Å². The van der Waals surface area contributed by atoms with E-state index in [4.69, 9.17) is 0 Å². The molecule has 0 bridgehead atoms. The van der Waals surface area contributed by atoms with Crippen molar-refractivity contribution in [2.24, 2.45) is 0 Å². The lowest BCUT2D eigenvalue weighted by molar-refractivity contribution is 0.482. The first-order valence-corrected chi connectivity index (χ1v) is 4.58. The fraction of sp³-hybridized carbons (Fsp3) is 0.556. The maximum atomic E-state index is 4.26. The number of nitrogens with one attached hydrogen (secondary N) is 1. The summed E-state index contributed by atoms with van der Waals surface area (Å²) >= 11 is 0. The highest BCUT2D eigenvalue weighted by Gasteiger charge is 2.18. The molecule has 1 aromatic rings. The predicted molar refractivity (Wildman–Crippen MR) is 50.3 cm³/mol. The zero-order valence-corrected chi connectivity index (χ0v) is 7.94. The Hall–Kier alpha value is -1.16. The van der Waals surface area contributed by atoms with Gasteiger partial charge in [-0.3, -0.25) is 0 Å². The zero-order chi connectivity index (χ0) is 9.26. The number of aromatic nitrogens is 3. The molecule has 2 heterocycles. The monoisotopic (exact) mass is 178 g/mol. The van der Waals surface area contributed by atoms with Crippen molar-refractivity contribution < 1.29 is 0 Å². The fourth-order valence-electron chi connectivity index (χ4n) is 1.52. The summed E-state index contributed by atoms with van der Waals surface area (Å²) in [5.74, 6) is 1.00. The first-order chi connectivity index (χ1) is 6.29. The van der Waals surface area contributed by atoms with E-state index < -0.39 is 0 Å². The fourth-order valence-corrected chi connectivity index (χ4v) is 1.52. The SMILES string of the molecule is CC(C)n1ncnc1C1C=CCN1. The Labute approximate surface area is 77.7 Å². The van der Waals surface area contributed by atoms with Crippen LogP contribution in [0.15, 0.2) is 18.5 Å². The standard InChI is InChI=1S/C9H14N4/c1-7(2)13-9(11-6-12-13)8-4-3-5-10-8/h3-4,6-8,10H,5H2,1-2H3. The van der Waals surface area contributed by atoms with Crippen molar-refractivity contribution >= 4 is 0 Å². The minimum atomic E-state index is 0.241. The molecule has 0 amide bonds. The van der Waals surface area contributed by atoms with E-state index in [1.807, 2.05) is 4.68 Å². The van der Waals surface area contributed by atoms with Crippen molar-refractivity contribution in [2.75, 3.05) is 6.54 Å². The van der Waals surface area contributed by atoms with Crippen LogP contribution in [0, 0.1) is 0 Å². The van der Waals surface area contributed by atoms with Gasteiger partial charge < -0.3 is 5.32 Å². The molecule has 1 aliphatic rings. The van der Waals surface area contributed by atoms with Crippen molar-refractivity contribution in [3.63, 3.8) is 0 Å². The van der Waals surface area contributed by atoms with E-state index in [0.717, 1.165) is 12.4 Å². The van der Waals surface area contributed by atoms with Gasteiger partial charge in [-0.15, -0.1) is 0 Å². The Bertz CT molecular complexity index is 313. The highest BCUT2D eigenvalue weighted by Crippen LogP contribution is 2.17. The summed E-state index contributed by atoms with van der Waals surface area (Å²) in [6, 6.07) is 0.609. The van der Waals surface area contributed by atoms with Gasteiger partial charge in [0.05, 0.1) is 6.04 Å². The molecule has 4 nitrogen and oxygen atoms in total. The van der Waals surface area contributed by atoms with Gasteiger partial charge in [0.15, 0.2) is 0 Å². The van der Waals surface area contributed by atoms with E-state index in [0.29, 0.717) is 6.04 Å². The zero-order valence-electron chi connectivity index (χ0n) is 7.94. The molecule has 0 radical (unpaired) electrons. The second kappa shape index (κ2) is 3.30.